The fraction of sp³-hybridized carbons (Fsp3) is 1.00. The van der Waals surface area contributed by atoms with Crippen molar-refractivity contribution in [1.82, 2.24) is 0 Å². The highest BCUT2D eigenvalue weighted by atomic mass is 31.2. The summed E-state index contributed by atoms with van der Waals surface area (Å²) in [7, 11) is -5.04. The number of aliphatic hydroxyl groups is 10. The topological polar surface area (TPSA) is 315 Å². The van der Waals surface area contributed by atoms with E-state index in [1.165, 1.54) is 0 Å². The molecule has 3 fully saturated rings. The Morgan fingerprint density at radius 3 is 1.68 bits per heavy atom. The average Bonchev–Trinajstić information content (AvgIpc) is 2.86. The van der Waals surface area contributed by atoms with E-state index in [0.29, 0.717) is 0 Å². The van der Waals surface area contributed by atoms with Crippen LogP contribution in [0.4, 0.5) is 0 Å². The van der Waals surface area contributed by atoms with Crippen LogP contribution in [0.25, 0.3) is 0 Å². The third-order valence-corrected chi connectivity index (χ3v) is 6.81. The lowest BCUT2D eigenvalue weighted by molar-refractivity contribution is -0.387. The second kappa shape index (κ2) is 13.0. The van der Waals surface area contributed by atoms with Crippen LogP contribution in [0.3, 0.4) is 0 Å². The van der Waals surface area contributed by atoms with Crippen LogP contribution in [0.1, 0.15) is 0 Å². The molecule has 0 saturated carbocycles. The molecule has 0 bridgehead atoms. The molecule has 0 aliphatic carbocycles. The maximum Gasteiger partial charge on any atom is 0.469 e. The van der Waals surface area contributed by atoms with Crippen LogP contribution >= 0.6 is 7.82 Å². The van der Waals surface area contributed by atoms with Crippen molar-refractivity contribution in [1.29, 1.82) is 0 Å². The SMILES string of the molecule is O=P(O)(O)OC[C@H]1O[C@H](O[C@@H]2[C@@H](O[C@@H]3[C@@H](O)[C@@H](O)O[C@H](CO)[C@H]3O)O[C@H](CO)[C@@H](O)[C@@H]2O)[C@@H](O)[C@@H](O)[C@@H]1O. The lowest BCUT2D eigenvalue weighted by Crippen LogP contribution is -2.67. The van der Waals surface area contributed by atoms with E-state index in [2.05, 4.69) is 4.52 Å². The minimum absolute atomic E-state index is 0.808. The molecule has 0 aromatic carbocycles. The van der Waals surface area contributed by atoms with Crippen LogP contribution in [0.5, 0.6) is 0 Å². The van der Waals surface area contributed by atoms with Gasteiger partial charge in [-0.05, 0) is 0 Å². The van der Waals surface area contributed by atoms with Crippen molar-refractivity contribution in [3.8, 4) is 0 Å². The summed E-state index contributed by atoms with van der Waals surface area (Å²) in [6.07, 6.45) is -27.6. The van der Waals surface area contributed by atoms with Crippen LogP contribution in [0, 0.1) is 0 Å². The third kappa shape index (κ3) is 7.04. The fourth-order valence-electron chi connectivity index (χ4n) is 4.19. The van der Waals surface area contributed by atoms with Crippen molar-refractivity contribution in [3.05, 3.63) is 0 Å². The number of aliphatic hydroxyl groups excluding tert-OH is 10. The van der Waals surface area contributed by atoms with E-state index in [1.807, 2.05) is 0 Å². The summed E-state index contributed by atoms with van der Waals surface area (Å²) in [6, 6.07) is 0. The first-order valence-electron chi connectivity index (χ1n) is 11.3. The fourth-order valence-corrected chi connectivity index (χ4v) is 4.53. The lowest BCUT2D eigenvalue weighted by Gasteiger charge is -2.48. The predicted octanol–water partition coefficient (Wildman–Crippen LogP) is -7.46. The van der Waals surface area contributed by atoms with Crippen LogP contribution in [0.2, 0.25) is 0 Å². The smallest absolute Gasteiger partial charge is 0.394 e. The largest absolute Gasteiger partial charge is 0.469 e. The van der Waals surface area contributed by atoms with Crippen molar-refractivity contribution < 1.29 is 93.6 Å². The molecule has 3 rings (SSSR count). The molecule has 0 radical (unpaired) electrons. The zero-order chi connectivity index (χ0) is 28.5. The first-order chi connectivity index (χ1) is 17.7. The highest BCUT2D eigenvalue weighted by Crippen LogP contribution is 2.38. The normalized spacial score (nSPS) is 48.7. The van der Waals surface area contributed by atoms with Gasteiger partial charge in [0.1, 0.15) is 73.2 Å². The minimum Gasteiger partial charge on any atom is -0.394 e. The highest BCUT2D eigenvalue weighted by molar-refractivity contribution is 7.46. The molecule has 224 valence electrons. The van der Waals surface area contributed by atoms with Gasteiger partial charge in [0.15, 0.2) is 18.9 Å². The van der Waals surface area contributed by atoms with Gasteiger partial charge in [0.25, 0.3) is 0 Å². The van der Waals surface area contributed by atoms with Crippen molar-refractivity contribution >= 4 is 7.82 Å². The second-order valence-electron chi connectivity index (χ2n) is 8.94. The first-order valence-corrected chi connectivity index (χ1v) is 12.9. The van der Waals surface area contributed by atoms with E-state index < -0.39 is 120 Å². The monoisotopic (exact) mass is 584 g/mol. The summed E-state index contributed by atoms with van der Waals surface area (Å²) in [4.78, 5) is 17.8. The molecular formula is C18H33O19P. The van der Waals surface area contributed by atoms with E-state index in [9.17, 15) is 55.6 Å². The molecule has 0 unspecified atom stereocenters. The quantitative estimate of drug-likeness (QED) is 0.112. The number of hydrogen-bond acceptors (Lipinski definition) is 17. The number of ether oxygens (including phenoxy) is 5. The first kappa shape index (κ1) is 32.0. The Morgan fingerprint density at radius 1 is 0.579 bits per heavy atom. The van der Waals surface area contributed by atoms with Crippen molar-refractivity contribution in [3.63, 3.8) is 0 Å². The Hall–Kier alpha value is -0.490. The van der Waals surface area contributed by atoms with Gasteiger partial charge in [-0.15, -0.1) is 0 Å². The van der Waals surface area contributed by atoms with Crippen LogP contribution < -0.4 is 0 Å². The molecule has 3 heterocycles. The maximum absolute atomic E-state index is 11.0. The molecular weight excluding hydrogens is 551 g/mol. The lowest BCUT2D eigenvalue weighted by atomic mass is 9.96. The summed E-state index contributed by atoms with van der Waals surface area (Å²) in [5.74, 6) is 0. The summed E-state index contributed by atoms with van der Waals surface area (Å²) in [6.45, 7) is -2.65. The predicted molar refractivity (Wildman–Crippen MR) is 112 cm³/mol. The van der Waals surface area contributed by atoms with Gasteiger partial charge in [0.05, 0.1) is 19.8 Å². The molecule has 0 aromatic rings. The van der Waals surface area contributed by atoms with Crippen LogP contribution in [-0.4, -0.2) is 173 Å². The molecule has 3 saturated heterocycles. The number of phosphoric ester groups is 1. The average molecular weight is 584 g/mol. The van der Waals surface area contributed by atoms with Crippen molar-refractivity contribution in [2.45, 2.75) is 92.1 Å². The Bertz CT molecular complexity index is 800. The molecule has 3 aliphatic heterocycles. The molecule has 19 nitrogen and oxygen atoms in total. The Balaban J connectivity index is 1.83. The van der Waals surface area contributed by atoms with E-state index in [4.69, 9.17) is 33.5 Å². The second-order valence-corrected chi connectivity index (χ2v) is 10.2. The Morgan fingerprint density at radius 2 is 1.11 bits per heavy atom. The summed E-state index contributed by atoms with van der Waals surface area (Å²) >= 11 is 0. The zero-order valence-corrected chi connectivity index (χ0v) is 20.3. The van der Waals surface area contributed by atoms with Gasteiger partial charge in [0, 0.05) is 0 Å². The van der Waals surface area contributed by atoms with Crippen molar-refractivity contribution in [2.24, 2.45) is 0 Å². The van der Waals surface area contributed by atoms with Gasteiger partial charge in [-0.1, -0.05) is 0 Å². The van der Waals surface area contributed by atoms with Gasteiger partial charge >= 0.3 is 7.82 Å². The Labute approximate surface area is 214 Å². The van der Waals surface area contributed by atoms with Gasteiger partial charge in [0.2, 0.25) is 0 Å². The third-order valence-electron chi connectivity index (χ3n) is 6.32. The van der Waals surface area contributed by atoms with Crippen molar-refractivity contribution in [2.75, 3.05) is 19.8 Å². The summed E-state index contributed by atoms with van der Waals surface area (Å²) < 4.78 is 41.7. The van der Waals surface area contributed by atoms with Gasteiger partial charge in [-0.2, -0.15) is 0 Å². The molecule has 38 heavy (non-hydrogen) atoms. The molecule has 12 N–H and O–H groups in total. The summed E-state index contributed by atoms with van der Waals surface area (Å²) in [5, 5.41) is 101. The van der Waals surface area contributed by atoms with E-state index >= 15 is 0 Å². The van der Waals surface area contributed by atoms with Crippen LogP contribution in [-0.2, 0) is 32.8 Å². The van der Waals surface area contributed by atoms with Gasteiger partial charge in [-0.25, -0.2) is 4.57 Å². The number of rotatable bonds is 9. The van der Waals surface area contributed by atoms with E-state index in [-0.39, 0.29) is 0 Å². The van der Waals surface area contributed by atoms with Crippen LogP contribution in [0.15, 0.2) is 0 Å². The van der Waals surface area contributed by atoms with E-state index in [1.54, 1.807) is 0 Å². The van der Waals surface area contributed by atoms with Gasteiger partial charge in [-0.3, -0.25) is 4.52 Å². The number of hydrogen-bond donors (Lipinski definition) is 12. The minimum atomic E-state index is -5.04. The molecule has 0 amide bonds. The molecule has 3 aliphatic rings. The number of phosphoric acid groups is 1. The maximum atomic E-state index is 11.0. The highest BCUT2D eigenvalue weighted by Gasteiger charge is 2.54. The summed E-state index contributed by atoms with van der Waals surface area (Å²) in [5.41, 5.74) is 0. The van der Waals surface area contributed by atoms with E-state index in [0.717, 1.165) is 0 Å². The molecule has 0 aromatic heterocycles. The Kier molecular flexibility index (Phi) is 11.0. The molecule has 20 heteroatoms. The molecule has 0 spiro atoms. The standard InChI is InChI=1S/C18H33O19P/c19-1-4-7(21)11(25)15(18(34-4)36-14-9(23)5(2-20)33-16(28)13(14)27)37-17-12(26)10(24)8(22)6(35-17)3-32-38(29,30)31/h4-28H,1-3H2,(H2,29,30,31)/t4-,5-,6-,7-,8-,9-,10+,11+,12+,13-,14+,15+,16+,17-,18-/m1/s1. The molecule has 15 atom stereocenters. The van der Waals surface area contributed by atoms with Gasteiger partial charge < -0.3 is 84.5 Å². The zero-order valence-electron chi connectivity index (χ0n) is 19.5.